The number of carbonyl (C=O) groups excluding carboxylic acids is 1. The van der Waals surface area contributed by atoms with Crippen LogP contribution in [0.2, 0.25) is 0 Å². The molecule has 0 aliphatic rings. The summed E-state index contributed by atoms with van der Waals surface area (Å²) in [6.45, 7) is 4.52. The first kappa shape index (κ1) is 13.4. The number of aromatic nitrogens is 2. The molecule has 0 bridgehead atoms. The number of nitrogens with zero attached hydrogens (tertiary/aromatic N) is 2. The number of amides is 1. The molecule has 1 amide bonds. The highest BCUT2D eigenvalue weighted by Crippen LogP contribution is 2.12. The maximum atomic E-state index is 11.8. The number of hydrogen-bond acceptors (Lipinski definition) is 4. The summed E-state index contributed by atoms with van der Waals surface area (Å²) >= 11 is 7.07. The van der Waals surface area contributed by atoms with Crippen LogP contribution in [0.25, 0.3) is 0 Å². The third-order valence-corrected chi connectivity index (χ3v) is 3.41. The fraction of sp³-hybridized carbons (Fsp3) is 0.700. The Labute approximate surface area is 105 Å². The highest BCUT2D eigenvalue weighted by molar-refractivity contribution is 7.08. The van der Waals surface area contributed by atoms with Gasteiger partial charge in [0.1, 0.15) is 4.88 Å². The molecule has 0 saturated carbocycles. The SMILES string of the molecule is CCCc1nnsc1C(=O)NCC(Cl)CC. The van der Waals surface area contributed by atoms with E-state index in [2.05, 4.69) is 14.9 Å². The van der Waals surface area contributed by atoms with Crippen molar-refractivity contribution < 1.29 is 4.79 Å². The summed E-state index contributed by atoms with van der Waals surface area (Å²) in [5.74, 6) is -0.113. The van der Waals surface area contributed by atoms with Gasteiger partial charge in [0.2, 0.25) is 0 Å². The van der Waals surface area contributed by atoms with Crippen LogP contribution < -0.4 is 5.32 Å². The second-order valence-electron chi connectivity index (χ2n) is 3.51. The van der Waals surface area contributed by atoms with Crippen molar-refractivity contribution >= 4 is 29.0 Å². The van der Waals surface area contributed by atoms with E-state index in [-0.39, 0.29) is 11.3 Å². The number of carbonyl (C=O) groups is 1. The minimum absolute atomic E-state index is 0.0144. The van der Waals surface area contributed by atoms with Crippen LogP contribution in [0, 0.1) is 0 Å². The Kier molecular flexibility index (Phi) is 5.69. The molecule has 1 aromatic rings. The van der Waals surface area contributed by atoms with Crippen molar-refractivity contribution in [2.24, 2.45) is 0 Å². The molecule has 0 fully saturated rings. The number of hydrogen-bond donors (Lipinski definition) is 1. The van der Waals surface area contributed by atoms with Crippen molar-refractivity contribution in [2.45, 2.75) is 38.5 Å². The molecule has 0 aliphatic carbocycles. The smallest absolute Gasteiger partial charge is 0.265 e. The first-order valence-corrected chi connectivity index (χ1v) is 6.63. The van der Waals surface area contributed by atoms with E-state index < -0.39 is 0 Å². The Morgan fingerprint density at radius 3 is 2.94 bits per heavy atom. The fourth-order valence-electron chi connectivity index (χ4n) is 1.21. The van der Waals surface area contributed by atoms with Crippen molar-refractivity contribution in [3.63, 3.8) is 0 Å². The van der Waals surface area contributed by atoms with E-state index >= 15 is 0 Å². The number of aryl methyl sites for hydroxylation is 1. The minimum atomic E-state index is -0.113. The van der Waals surface area contributed by atoms with Gasteiger partial charge in [0.05, 0.1) is 11.1 Å². The summed E-state index contributed by atoms with van der Waals surface area (Å²) in [4.78, 5) is 12.4. The first-order chi connectivity index (χ1) is 7.69. The van der Waals surface area contributed by atoms with Crippen LogP contribution >= 0.6 is 23.1 Å². The summed E-state index contributed by atoms with van der Waals surface area (Å²) in [6, 6.07) is 0. The quantitative estimate of drug-likeness (QED) is 0.799. The molecule has 0 radical (unpaired) electrons. The van der Waals surface area contributed by atoms with Crippen LogP contribution in [-0.2, 0) is 6.42 Å². The normalized spacial score (nSPS) is 12.4. The summed E-state index contributed by atoms with van der Waals surface area (Å²) in [7, 11) is 0. The van der Waals surface area contributed by atoms with Crippen LogP contribution in [0.3, 0.4) is 0 Å². The lowest BCUT2D eigenvalue weighted by molar-refractivity contribution is 0.0956. The Hall–Kier alpha value is -0.680. The maximum Gasteiger partial charge on any atom is 0.265 e. The molecule has 1 heterocycles. The van der Waals surface area contributed by atoms with Crippen LogP contribution in [0.15, 0.2) is 0 Å². The Balaban J connectivity index is 2.55. The zero-order chi connectivity index (χ0) is 12.0. The fourth-order valence-corrected chi connectivity index (χ4v) is 1.91. The molecular weight excluding hydrogens is 246 g/mol. The summed E-state index contributed by atoms with van der Waals surface area (Å²) in [6.07, 6.45) is 2.58. The highest BCUT2D eigenvalue weighted by Gasteiger charge is 2.15. The molecule has 1 unspecified atom stereocenters. The van der Waals surface area contributed by atoms with Gasteiger partial charge < -0.3 is 5.32 Å². The van der Waals surface area contributed by atoms with Gasteiger partial charge in [-0.15, -0.1) is 16.7 Å². The van der Waals surface area contributed by atoms with Gasteiger partial charge in [0, 0.05) is 6.54 Å². The van der Waals surface area contributed by atoms with Crippen molar-refractivity contribution in [1.29, 1.82) is 0 Å². The van der Waals surface area contributed by atoms with Gasteiger partial charge in [-0.25, -0.2) is 0 Å². The van der Waals surface area contributed by atoms with Gasteiger partial charge in [-0.05, 0) is 24.4 Å². The van der Waals surface area contributed by atoms with Gasteiger partial charge in [0.15, 0.2) is 0 Å². The van der Waals surface area contributed by atoms with E-state index in [4.69, 9.17) is 11.6 Å². The Morgan fingerprint density at radius 1 is 1.56 bits per heavy atom. The topological polar surface area (TPSA) is 54.9 Å². The molecule has 1 aromatic heterocycles. The largest absolute Gasteiger partial charge is 0.350 e. The third kappa shape index (κ3) is 3.72. The maximum absolute atomic E-state index is 11.8. The van der Waals surface area contributed by atoms with Gasteiger partial charge in [0.25, 0.3) is 5.91 Å². The minimum Gasteiger partial charge on any atom is -0.350 e. The predicted octanol–water partition coefficient (Wildman–Crippen LogP) is 2.24. The van der Waals surface area contributed by atoms with Crippen molar-refractivity contribution in [2.75, 3.05) is 6.54 Å². The molecule has 0 aliphatic heterocycles. The lowest BCUT2D eigenvalue weighted by atomic mass is 10.2. The molecule has 16 heavy (non-hydrogen) atoms. The number of nitrogens with one attached hydrogen (secondary N) is 1. The third-order valence-electron chi connectivity index (χ3n) is 2.18. The summed E-state index contributed by atoms with van der Waals surface area (Å²) < 4.78 is 3.81. The van der Waals surface area contributed by atoms with Crippen LogP contribution in [0.1, 0.15) is 42.1 Å². The van der Waals surface area contributed by atoms with E-state index in [1.54, 1.807) is 0 Å². The van der Waals surface area contributed by atoms with Gasteiger partial charge >= 0.3 is 0 Å². The molecule has 0 saturated heterocycles. The van der Waals surface area contributed by atoms with Crippen molar-refractivity contribution in [3.8, 4) is 0 Å². The highest BCUT2D eigenvalue weighted by atomic mass is 35.5. The van der Waals surface area contributed by atoms with E-state index in [1.165, 1.54) is 0 Å². The Bertz CT molecular complexity index is 343. The molecule has 0 aromatic carbocycles. The van der Waals surface area contributed by atoms with Gasteiger partial charge in [-0.3, -0.25) is 4.79 Å². The lowest BCUT2D eigenvalue weighted by Crippen LogP contribution is -2.29. The Morgan fingerprint density at radius 2 is 2.31 bits per heavy atom. The van der Waals surface area contributed by atoms with E-state index in [0.717, 1.165) is 36.5 Å². The number of halogens is 1. The molecule has 0 spiro atoms. The number of alkyl halides is 1. The zero-order valence-corrected chi connectivity index (χ0v) is 11.1. The molecule has 6 heteroatoms. The van der Waals surface area contributed by atoms with E-state index in [1.807, 2.05) is 13.8 Å². The molecule has 4 nitrogen and oxygen atoms in total. The van der Waals surface area contributed by atoms with E-state index in [0.29, 0.717) is 11.4 Å². The summed E-state index contributed by atoms with van der Waals surface area (Å²) in [5, 5.41) is 6.73. The molecule has 90 valence electrons. The zero-order valence-electron chi connectivity index (χ0n) is 9.49. The molecular formula is C10H16ClN3OS. The van der Waals surface area contributed by atoms with Crippen molar-refractivity contribution in [3.05, 3.63) is 10.6 Å². The predicted molar refractivity (Wildman–Crippen MR) is 66.2 cm³/mol. The molecule has 1 rings (SSSR count). The average molecular weight is 262 g/mol. The second-order valence-corrected chi connectivity index (χ2v) is 4.89. The second kappa shape index (κ2) is 6.81. The van der Waals surface area contributed by atoms with Gasteiger partial charge in [-0.2, -0.15) is 0 Å². The summed E-state index contributed by atoms with van der Waals surface area (Å²) in [5.41, 5.74) is 0.785. The van der Waals surface area contributed by atoms with Crippen LogP contribution in [0.4, 0.5) is 0 Å². The van der Waals surface area contributed by atoms with E-state index in [9.17, 15) is 4.79 Å². The van der Waals surface area contributed by atoms with Gasteiger partial charge in [-0.1, -0.05) is 24.8 Å². The number of rotatable bonds is 6. The molecule has 1 atom stereocenters. The molecule has 1 N–H and O–H groups in total. The lowest BCUT2D eigenvalue weighted by Gasteiger charge is -2.07. The average Bonchev–Trinajstić information content (AvgIpc) is 2.74. The standard InChI is InChI=1S/C10H16ClN3OS/c1-3-5-8-9(16-14-13-8)10(15)12-6-7(11)4-2/h7H,3-6H2,1-2H3,(H,12,15). The monoisotopic (exact) mass is 261 g/mol. The van der Waals surface area contributed by atoms with Crippen LogP contribution in [-0.4, -0.2) is 27.4 Å². The first-order valence-electron chi connectivity index (χ1n) is 5.42. The van der Waals surface area contributed by atoms with Crippen LogP contribution in [0.5, 0.6) is 0 Å². The van der Waals surface area contributed by atoms with Crippen molar-refractivity contribution in [1.82, 2.24) is 14.9 Å².